The highest BCUT2D eigenvalue weighted by Gasteiger charge is 2.37. The van der Waals surface area contributed by atoms with Gasteiger partial charge in [0.05, 0.1) is 15.1 Å². The first-order valence-corrected chi connectivity index (χ1v) is 12.8. The average molecular weight is 658 g/mol. The van der Waals surface area contributed by atoms with Crippen LogP contribution in [-0.4, -0.2) is 35.3 Å². The zero-order chi connectivity index (χ0) is 28.3. The minimum atomic E-state index is -1.00. The topological polar surface area (TPSA) is 148 Å². The third kappa shape index (κ3) is 6.38. The fourth-order valence-electron chi connectivity index (χ4n) is 3.58. The van der Waals surface area contributed by atoms with Gasteiger partial charge in [-0.25, -0.2) is 9.69 Å². The summed E-state index contributed by atoms with van der Waals surface area (Å²) in [6, 6.07) is 14.1. The number of amides is 5. The minimum absolute atomic E-state index is 0.0289. The summed E-state index contributed by atoms with van der Waals surface area (Å²) in [5.41, 5.74) is 1.29. The standard InChI is InChI=1S/C26H18Br2N4O7/c1-14-2-4-17(5-3-14)29-22(33)13-39-23-15(10-16(27)12-21(23)28)11-20-24(34)30-26(36)31(25(20)35)18-6-8-19(9-7-18)32(37)38/h2-12H,13H2,1H3,(H,29,33)(H,30,34,36)/b20-11-. The number of nitrogens with one attached hydrogen (secondary N) is 2. The van der Waals surface area contributed by atoms with Crippen LogP contribution in [-0.2, 0) is 14.4 Å². The van der Waals surface area contributed by atoms with Crippen LogP contribution in [0.4, 0.5) is 21.9 Å². The van der Waals surface area contributed by atoms with Crippen molar-refractivity contribution in [1.82, 2.24) is 5.32 Å². The van der Waals surface area contributed by atoms with Crippen LogP contribution in [0.5, 0.6) is 5.75 Å². The highest BCUT2D eigenvalue weighted by atomic mass is 79.9. The van der Waals surface area contributed by atoms with Gasteiger partial charge in [-0.15, -0.1) is 0 Å². The molecule has 5 amide bonds. The monoisotopic (exact) mass is 656 g/mol. The van der Waals surface area contributed by atoms with Crippen LogP contribution in [0.25, 0.3) is 6.08 Å². The van der Waals surface area contributed by atoms with E-state index in [1.165, 1.54) is 18.2 Å². The molecular formula is C26H18Br2N4O7. The van der Waals surface area contributed by atoms with Crippen LogP contribution in [0.2, 0.25) is 0 Å². The van der Waals surface area contributed by atoms with Gasteiger partial charge in [0.15, 0.2) is 6.61 Å². The first kappa shape index (κ1) is 27.7. The van der Waals surface area contributed by atoms with Crippen molar-refractivity contribution in [2.45, 2.75) is 6.92 Å². The second-order valence-corrected chi connectivity index (χ2v) is 10.0. The molecule has 0 saturated carbocycles. The van der Waals surface area contributed by atoms with Gasteiger partial charge in [-0.2, -0.15) is 0 Å². The molecular weight excluding hydrogens is 640 g/mol. The van der Waals surface area contributed by atoms with Crippen LogP contribution in [0, 0.1) is 17.0 Å². The number of barbiturate groups is 1. The van der Waals surface area contributed by atoms with E-state index in [9.17, 15) is 29.3 Å². The second-order valence-electron chi connectivity index (χ2n) is 8.24. The van der Waals surface area contributed by atoms with Gasteiger partial charge in [0, 0.05) is 27.9 Å². The highest BCUT2D eigenvalue weighted by molar-refractivity contribution is 9.11. The zero-order valence-electron chi connectivity index (χ0n) is 20.1. The van der Waals surface area contributed by atoms with E-state index >= 15 is 0 Å². The number of nitro groups is 1. The number of carbonyl (C=O) groups excluding carboxylic acids is 4. The molecule has 0 radical (unpaired) electrons. The number of aryl methyl sites for hydroxylation is 1. The van der Waals surface area contributed by atoms with Crippen molar-refractivity contribution in [2.24, 2.45) is 0 Å². The molecule has 0 bridgehead atoms. The van der Waals surface area contributed by atoms with Crippen molar-refractivity contribution in [2.75, 3.05) is 16.8 Å². The number of anilines is 2. The Hall–Kier alpha value is -4.36. The molecule has 0 aliphatic carbocycles. The van der Waals surface area contributed by atoms with Crippen molar-refractivity contribution >= 4 is 78.8 Å². The van der Waals surface area contributed by atoms with Crippen LogP contribution >= 0.6 is 31.9 Å². The molecule has 3 aromatic carbocycles. The summed E-state index contributed by atoms with van der Waals surface area (Å²) >= 11 is 6.72. The number of nitro benzene ring substituents is 1. The Morgan fingerprint density at radius 1 is 1.08 bits per heavy atom. The number of hydrogen-bond donors (Lipinski definition) is 2. The Morgan fingerprint density at radius 3 is 2.38 bits per heavy atom. The number of carbonyl (C=O) groups is 4. The lowest BCUT2D eigenvalue weighted by Gasteiger charge is -2.26. The lowest BCUT2D eigenvalue weighted by molar-refractivity contribution is -0.384. The normalized spacial score (nSPS) is 14.3. The van der Waals surface area contributed by atoms with Crippen molar-refractivity contribution < 1.29 is 28.8 Å². The molecule has 198 valence electrons. The summed E-state index contributed by atoms with van der Waals surface area (Å²) in [6.45, 7) is 1.55. The molecule has 0 atom stereocenters. The first-order chi connectivity index (χ1) is 18.5. The number of hydrogen-bond acceptors (Lipinski definition) is 7. The molecule has 39 heavy (non-hydrogen) atoms. The van der Waals surface area contributed by atoms with E-state index in [1.807, 2.05) is 19.1 Å². The molecule has 0 aromatic heterocycles. The Kier molecular flexibility index (Phi) is 8.21. The molecule has 1 aliphatic heterocycles. The highest BCUT2D eigenvalue weighted by Crippen LogP contribution is 2.35. The maximum absolute atomic E-state index is 13.3. The van der Waals surface area contributed by atoms with E-state index in [0.29, 0.717) is 19.5 Å². The average Bonchev–Trinajstić information content (AvgIpc) is 2.87. The van der Waals surface area contributed by atoms with Gasteiger partial charge in [0.1, 0.15) is 11.3 Å². The summed E-state index contributed by atoms with van der Waals surface area (Å²) in [5, 5.41) is 15.8. The molecule has 1 aliphatic rings. The van der Waals surface area contributed by atoms with Crippen molar-refractivity contribution in [3.8, 4) is 5.75 Å². The molecule has 4 rings (SSSR count). The Balaban J connectivity index is 1.61. The molecule has 1 saturated heterocycles. The summed E-state index contributed by atoms with van der Waals surface area (Å²) in [4.78, 5) is 61.9. The van der Waals surface area contributed by atoms with E-state index in [2.05, 4.69) is 42.5 Å². The molecule has 1 fully saturated rings. The van der Waals surface area contributed by atoms with Crippen LogP contribution in [0.15, 0.2) is 75.2 Å². The van der Waals surface area contributed by atoms with E-state index in [4.69, 9.17) is 4.74 Å². The fourth-order valence-corrected chi connectivity index (χ4v) is 4.96. The number of rotatable bonds is 7. The number of ether oxygens (including phenoxy) is 1. The zero-order valence-corrected chi connectivity index (χ0v) is 23.2. The van der Waals surface area contributed by atoms with E-state index in [1.54, 1.807) is 24.3 Å². The first-order valence-electron chi connectivity index (χ1n) is 11.2. The Morgan fingerprint density at radius 2 is 1.74 bits per heavy atom. The van der Waals surface area contributed by atoms with Gasteiger partial charge < -0.3 is 10.1 Å². The van der Waals surface area contributed by atoms with E-state index in [0.717, 1.165) is 17.7 Å². The van der Waals surface area contributed by atoms with Gasteiger partial charge >= 0.3 is 6.03 Å². The van der Waals surface area contributed by atoms with Crippen LogP contribution in [0.3, 0.4) is 0 Å². The fraction of sp³-hybridized carbons (Fsp3) is 0.0769. The third-order valence-electron chi connectivity index (χ3n) is 5.44. The molecule has 11 nitrogen and oxygen atoms in total. The number of nitrogens with zero attached hydrogens (tertiary/aromatic N) is 2. The molecule has 2 N–H and O–H groups in total. The largest absolute Gasteiger partial charge is 0.482 e. The predicted molar refractivity (Wildman–Crippen MR) is 149 cm³/mol. The third-order valence-corrected chi connectivity index (χ3v) is 6.49. The van der Waals surface area contributed by atoms with Gasteiger partial charge in [-0.1, -0.05) is 33.6 Å². The Bertz CT molecular complexity index is 1540. The van der Waals surface area contributed by atoms with E-state index in [-0.39, 0.29) is 29.3 Å². The summed E-state index contributed by atoms with van der Waals surface area (Å²) < 4.78 is 6.75. The lowest BCUT2D eigenvalue weighted by Crippen LogP contribution is -2.54. The van der Waals surface area contributed by atoms with Crippen LogP contribution < -0.4 is 20.3 Å². The van der Waals surface area contributed by atoms with Gasteiger partial charge in [-0.05, 0) is 65.3 Å². The number of halogens is 2. The van der Waals surface area contributed by atoms with Crippen molar-refractivity contribution in [3.63, 3.8) is 0 Å². The summed E-state index contributed by atoms with van der Waals surface area (Å²) in [5.74, 6) is -2.16. The quantitative estimate of drug-likeness (QED) is 0.155. The number of benzene rings is 3. The SMILES string of the molecule is Cc1ccc(NC(=O)COc2c(Br)cc(Br)cc2/C=C2/C(=O)NC(=O)N(c3ccc([N+](=O)[O-])cc3)C2=O)cc1. The summed E-state index contributed by atoms with van der Waals surface area (Å²) in [6.07, 6.45) is 1.23. The Labute approximate surface area is 238 Å². The van der Waals surface area contributed by atoms with Gasteiger partial charge in [0.2, 0.25) is 0 Å². The number of imide groups is 2. The smallest absolute Gasteiger partial charge is 0.335 e. The number of non-ortho nitro benzene ring substituents is 1. The second kappa shape index (κ2) is 11.6. The van der Waals surface area contributed by atoms with Gasteiger partial charge in [0.25, 0.3) is 23.4 Å². The van der Waals surface area contributed by atoms with Crippen molar-refractivity contribution in [1.29, 1.82) is 0 Å². The van der Waals surface area contributed by atoms with Crippen molar-refractivity contribution in [3.05, 3.63) is 96.4 Å². The number of urea groups is 1. The molecule has 13 heteroatoms. The molecule has 1 heterocycles. The predicted octanol–water partition coefficient (Wildman–Crippen LogP) is 5.11. The molecule has 0 unspecified atom stereocenters. The van der Waals surface area contributed by atoms with Gasteiger partial charge in [-0.3, -0.25) is 29.8 Å². The summed E-state index contributed by atoms with van der Waals surface area (Å²) in [7, 11) is 0. The van der Waals surface area contributed by atoms with E-state index < -0.39 is 34.2 Å². The molecule has 0 spiro atoms. The lowest BCUT2D eigenvalue weighted by atomic mass is 10.1. The molecule has 3 aromatic rings. The maximum Gasteiger partial charge on any atom is 0.335 e. The minimum Gasteiger partial charge on any atom is -0.482 e. The maximum atomic E-state index is 13.3. The van der Waals surface area contributed by atoms with Crippen LogP contribution in [0.1, 0.15) is 11.1 Å².